The highest BCUT2D eigenvalue weighted by atomic mass is 35.5. The number of hydrogen-bond donors (Lipinski definition) is 3. The molecule has 0 radical (unpaired) electrons. The molecule has 96 valence electrons. The second kappa shape index (κ2) is 4.03. The highest BCUT2D eigenvalue weighted by Crippen LogP contribution is 2.34. The molecule has 7 heteroatoms. The largest absolute Gasteiger partial charge is 0.508 e. The van der Waals surface area contributed by atoms with Gasteiger partial charge in [0.15, 0.2) is 17.2 Å². The lowest BCUT2D eigenvalue weighted by Crippen LogP contribution is -1.99. The second-order valence-electron chi connectivity index (χ2n) is 3.96. The van der Waals surface area contributed by atoms with Crippen molar-refractivity contribution in [2.75, 3.05) is 0 Å². The van der Waals surface area contributed by atoms with Crippen molar-refractivity contribution >= 4 is 22.6 Å². The molecule has 0 fully saturated rings. The van der Waals surface area contributed by atoms with E-state index in [9.17, 15) is 15.3 Å². The summed E-state index contributed by atoms with van der Waals surface area (Å²) in [5, 5.41) is 37.5. The third-order valence-corrected chi connectivity index (χ3v) is 2.83. The van der Waals surface area contributed by atoms with Crippen LogP contribution in [0.5, 0.6) is 17.2 Å². The molecule has 0 saturated carbocycles. The van der Waals surface area contributed by atoms with E-state index in [2.05, 4.69) is 10.2 Å². The van der Waals surface area contributed by atoms with Crippen LogP contribution >= 0.6 is 11.6 Å². The molecule has 6 nitrogen and oxygen atoms in total. The zero-order valence-electron chi connectivity index (χ0n) is 9.45. The Bertz CT molecular complexity index is 762. The van der Waals surface area contributed by atoms with Gasteiger partial charge >= 0.3 is 0 Å². The Kier molecular flexibility index (Phi) is 2.46. The molecule has 0 amide bonds. The maximum atomic E-state index is 9.76. The molecule has 0 spiro atoms. The standard InChI is InChI=1S/C12H8ClN3O3/c13-6-1-2-8-9(3-6)15-16(14-8)12-10(18)4-7(17)5-11(12)19/h1-5,17-19H. The molecule has 3 aromatic rings. The van der Waals surface area contributed by atoms with Crippen molar-refractivity contribution in [3.05, 3.63) is 35.4 Å². The van der Waals surface area contributed by atoms with Crippen LogP contribution in [0.2, 0.25) is 5.02 Å². The zero-order valence-corrected chi connectivity index (χ0v) is 10.2. The summed E-state index contributed by atoms with van der Waals surface area (Å²) in [5.41, 5.74) is 1.08. The van der Waals surface area contributed by atoms with E-state index in [0.717, 1.165) is 16.9 Å². The summed E-state index contributed by atoms with van der Waals surface area (Å²) in [6.45, 7) is 0. The minimum Gasteiger partial charge on any atom is -0.508 e. The normalized spacial score (nSPS) is 11.0. The predicted molar refractivity (Wildman–Crippen MR) is 68.9 cm³/mol. The Labute approximate surface area is 112 Å². The Morgan fingerprint density at radius 3 is 2.21 bits per heavy atom. The number of aromatic hydroxyl groups is 3. The molecule has 0 aliphatic rings. The highest BCUT2D eigenvalue weighted by molar-refractivity contribution is 6.31. The van der Waals surface area contributed by atoms with Crippen molar-refractivity contribution in [1.29, 1.82) is 0 Å². The van der Waals surface area contributed by atoms with Crippen LogP contribution in [-0.2, 0) is 0 Å². The van der Waals surface area contributed by atoms with Crippen LogP contribution in [0.3, 0.4) is 0 Å². The van der Waals surface area contributed by atoms with Gasteiger partial charge in [0.2, 0.25) is 0 Å². The minimum absolute atomic E-state index is 0.00915. The summed E-state index contributed by atoms with van der Waals surface area (Å²) in [5.74, 6) is -0.911. The van der Waals surface area contributed by atoms with E-state index in [1.54, 1.807) is 18.2 Å². The molecule has 1 aromatic heterocycles. The Morgan fingerprint density at radius 2 is 1.53 bits per heavy atom. The van der Waals surface area contributed by atoms with E-state index in [0.29, 0.717) is 16.1 Å². The summed E-state index contributed by atoms with van der Waals surface area (Å²) in [6.07, 6.45) is 0. The first kappa shape index (κ1) is 11.6. The van der Waals surface area contributed by atoms with Crippen molar-refractivity contribution in [2.24, 2.45) is 0 Å². The van der Waals surface area contributed by atoms with Gasteiger partial charge in [0, 0.05) is 17.2 Å². The smallest absolute Gasteiger partial charge is 0.169 e. The van der Waals surface area contributed by atoms with Gasteiger partial charge in [0.1, 0.15) is 16.8 Å². The van der Waals surface area contributed by atoms with Gasteiger partial charge in [-0.2, -0.15) is 0 Å². The van der Waals surface area contributed by atoms with Crippen LogP contribution < -0.4 is 0 Å². The summed E-state index contributed by atoms with van der Waals surface area (Å²) < 4.78 is 0. The molecule has 0 atom stereocenters. The van der Waals surface area contributed by atoms with Crippen molar-refractivity contribution in [2.45, 2.75) is 0 Å². The first-order valence-electron chi connectivity index (χ1n) is 5.32. The first-order valence-corrected chi connectivity index (χ1v) is 5.70. The fourth-order valence-corrected chi connectivity index (χ4v) is 1.95. The number of aromatic nitrogens is 3. The number of halogens is 1. The van der Waals surface area contributed by atoms with Gasteiger partial charge in [-0.05, 0) is 18.2 Å². The first-order chi connectivity index (χ1) is 9.04. The zero-order chi connectivity index (χ0) is 13.6. The van der Waals surface area contributed by atoms with Gasteiger partial charge in [-0.1, -0.05) is 11.6 Å². The number of phenolic OH excluding ortho intramolecular Hbond substituents is 3. The molecule has 0 unspecified atom stereocenters. The lowest BCUT2D eigenvalue weighted by molar-refractivity contribution is 0.420. The van der Waals surface area contributed by atoms with Gasteiger partial charge in [-0.3, -0.25) is 0 Å². The van der Waals surface area contributed by atoms with Crippen LogP contribution in [0.4, 0.5) is 0 Å². The van der Waals surface area contributed by atoms with Crippen molar-refractivity contribution in [3.63, 3.8) is 0 Å². The van der Waals surface area contributed by atoms with E-state index in [1.165, 1.54) is 0 Å². The number of fused-ring (bicyclic) bond motifs is 1. The highest BCUT2D eigenvalue weighted by Gasteiger charge is 2.15. The Balaban J connectivity index is 2.24. The molecule has 19 heavy (non-hydrogen) atoms. The lowest BCUT2D eigenvalue weighted by Gasteiger charge is -2.05. The van der Waals surface area contributed by atoms with E-state index in [-0.39, 0.29) is 22.9 Å². The van der Waals surface area contributed by atoms with E-state index < -0.39 is 0 Å². The van der Waals surface area contributed by atoms with E-state index in [1.807, 2.05) is 0 Å². The predicted octanol–water partition coefficient (Wildman–Crippen LogP) is 2.19. The second-order valence-corrected chi connectivity index (χ2v) is 4.39. The molecule has 0 aliphatic heterocycles. The maximum absolute atomic E-state index is 9.76. The average molecular weight is 278 g/mol. The Hall–Kier alpha value is -2.47. The molecule has 0 bridgehead atoms. The SMILES string of the molecule is Oc1cc(O)c(-n2nc3ccc(Cl)cc3n2)c(O)c1. The molecule has 0 saturated heterocycles. The number of rotatable bonds is 1. The summed E-state index contributed by atoms with van der Waals surface area (Å²) >= 11 is 5.85. The third-order valence-electron chi connectivity index (χ3n) is 2.60. The summed E-state index contributed by atoms with van der Waals surface area (Å²) in [4.78, 5) is 1.09. The summed E-state index contributed by atoms with van der Waals surface area (Å²) in [6, 6.07) is 7.15. The lowest BCUT2D eigenvalue weighted by atomic mass is 10.2. The fourth-order valence-electron chi connectivity index (χ4n) is 1.78. The molecule has 3 rings (SSSR count). The monoisotopic (exact) mass is 277 g/mol. The molecule has 3 N–H and O–H groups in total. The van der Waals surface area contributed by atoms with Gasteiger partial charge in [0.05, 0.1) is 0 Å². The quantitative estimate of drug-likeness (QED) is 0.634. The number of hydrogen-bond acceptors (Lipinski definition) is 5. The molecule has 2 aromatic carbocycles. The number of nitrogens with zero attached hydrogens (tertiary/aromatic N) is 3. The number of benzene rings is 2. The van der Waals surface area contributed by atoms with Crippen molar-refractivity contribution < 1.29 is 15.3 Å². The van der Waals surface area contributed by atoms with Crippen LogP contribution in [0.15, 0.2) is 30.3 Å². The average Bonchev–Trinajstić information content (AvgIpc) is 2.69. The van der Waals surface area contributed by atoms with E-state index >= 15 is 0 Å². The number of phenols is 3. The van der Waals surface area contributed by atoms with Crippen LogP contribution in [0.25, 0.3) is 16.7 Å². The van der Waals surface area contributed by atoms with Gasteiger partial charge < -0.3 is 15.3 Å². The molecular weight excluding hydrogens is 270 g/mol. The molecular formula is C12H8ClN3O3. The van der Waals surface area contributed by atoms with Crippen LogP contribution in [0, 0.1) is 0 Å². The molecule has 0 aliphatic carbocycles. The maximum Gasteiger partial charge on any atom is 0.169 e. The van der Waals surface area contributed by atoms with Crippen molar-refractivity contribution in [1.82, 2.24) is 15.0 Å². The van der Waals surface area contributed by atoms with Gasteiger partial charge in [0.25, 0.3) is 0 Å². The topological polar surface area (TPSA) is 91.4 Å². The summed E-state index contributed by atoms with van der Waals surface area (Å²) in [7, 11) is 0. The van der Waals surface area contributed by atoms with E-state index in [4.69, 9.17) is 11.6 Å². The minimum atomic E-state index is -0.330. The fraction of sp³-hybridized carbons (Fsp3) is 0. The molecule has 1 heterocycles. The van der Waals surface area contributed by atoms with Crippen LogP contribution in [0.1, 0.15) is 0 Å². The Morgan fingerprint density at radius 1 is 0.895 bits per heavy atom. The third kappa shape index (κ3) is 1.92. The van der Waals surface area contributed by atoms with Gasteiger partial charge in [-0.25, -0.2) is 0 Å². The van der Waals surface area contributed by atoms with Gasteiger partial charge in [-0.15, -0.1) is 15.0 Å². The van der Waals surface area contributed by atoms with Crippen LogP contribution in [-0.4, -0.2) is 30.3 Å². The van der Waals surface area contributed by atoms with Crippen molar-refractivity contribution in [3.8, 4) is 22.9 Å².